The summed E-state index contributed by atoms with van der Waals surface area (Å²) in [6, 6.07) is 9.92. The van der Waals surface area contributed by atoms with Gasteiger partial charge in [-0.25, -0.2) is 0 Å². The number of carbonyl (C=O) groups is 1. The Kier molecular flexibility index (Phi) is 7.06. The van der Waals surface area contributed by atoms with E-state index in [0.29, 0.717) is 19.8 Å². The van der Waals surface area contributed by atoms with Crippen molar-refractivity contribution in [2.24, 2.45) is 0 Å². The average Bonchev–Trinajstić information content (AvgIpc) is 2.42. The van der Waals surface area contributed by atoms with Crippen LogP contribution in [0.2, 0.25) is 0 Å². The molecule has 0 aromatic heterocycles. The maximum Gasteiger partial charge on any atom is 0.236 e. The standard InChI is InChI=1S/C14H22N2O2/c1-12(15-2)14(17)16-9-6-10-18-11-13-7-4-3-5-8-13/h3-5,7-8,12,15H,6,9-11H2,1-2H3,(H,16,17). The van der Waals surface area contributed by atoms with Gasteiger partial charge >= 0.3 is 0 Å². The maximum atomic E-state index is 11.4. The van der Waals surface area contributed by atoms with E-state index in [1.165, 1.54) is 5.56 Å². The van der Waals surface area contributed by atoms with Gasteiger partial charge in [-0.3, -0.25) is 4.79 Å². The third-order valence-corrected chi connectivity index (χ3v) is 2.70. The van der Waals surface area contributed by atoms with Gasteiger partial charge in [-0.1, -0.05) is 30.3 Å². The highest BCUT2D eigenvalue weighted by Gasteiger charge is 2.07. The van der Waals surface area contributed by atoms with Crippen LogP contribution < -0.4 is 10.6 Å². The van der Waals surface area contributed by atoms with Gasteiger partial charge in [0.1, 0.15) is 0 Å². The molecular weight excluding hydrogens is 228 g/mol. The van der Waals surface area contributed by atoms with Crippen LogP contribution in [0.25, 0.3) is 0 Å². The number of benzene rings is 1. The summed E-state index contributed by atoms with van der Waals surface area (Å²) in [6.45, 7) is 3.77. The van der Waals surface area contributed by atoms with Crippen LogP contribution in [-0.4, -0.2) is 32.1 Å². The van der Waals surface area contributed by atoms with E-state index in [-0.39, 0.29) is 11.9 Å². The molecule has 1 rings (SSSR count). The first-order valence-corrected chi connectivity index (χ1v) is 6.30. The van der Waals surface area contributed by atoms with E-state index in [0.717, 1.165) is 6.42 Å². The molecule has 1 unspecified atom stereocenters. The molecule has 1 aromatic carbocycles. The van der Waals surface area contributed by atoms with Gasteiger partial charge in [0.15, 0.2) is 0 Å². The zero-order valence-corrected chi connectivity index (χ0v) is 11.1. The van der Waals surface area contributed by atoms with Gasteiger partial charge in [0, 0.05) is 13.2 Å². The monoisotopic (exact) mass is 250 g/mol. The molecule has 0 spiro atoms. The average molecular weight is 250 g/mol. The van der Waals surface area contributed by atoms with Gasteiger partial charge in [-0.2, -0.15) is 0 Å². The number of amides is 1. The molecule has 2 N–H and O–H groups in total. The molecule has 1 aromatic rings. The summed E-state index contributed by atoms with van der Waals surface area (Å²) in [6.07, 6.45) is 0.828. The lowest BCUT2D eigenvalue weighted by molar-refractivity contribution is -0.122. The molecule has 0 heterocycles. The number of hydrogen-bond donors (Lipinski definition) is 2. The highest BCUT2D eigenvalue weighted by molar-refractivity contribution is 5.81. The van der Waals surface area contributed by atoms with Gasteiger partial charge < -0.3 is 15.4 Å². The molecule has 0 fully saturated rings. The van der Waals surface area contributed by atoms with E-state index >= 15 is 0 Å². The van der Waals surface area contributed by atoms with Crippen molar-refractivity contribution in [1.29, 1.82) is 0 Å². The number of rotatable bonds is 8. The second kappa shape index (κ2) is 8.66. The van der Waals surface area contributed by atoms with Crippen LogP contribution in [0, 0.1) is 0 Å². The highest BCUT2D eigenvalue weighted by Crippen LogP contribution is 2.00. The molecule has 100 valence electrons. The SMILES string of the molecule is CNC(C)C(=O)NCCCOCc1ccccc1. The normalized spacial score (nSPS) is 12.1. The largest absolute Gasteiger partial charge is 0.377 e. The molecule has 0 aliphatic rings. The van der Waals surface area contributed by atoms with Gasteiger partial charge in [0.2, 0.25) is 5.91 Å². The fraction of sp³-hybridized carbons (Fsp3) is 0.500. The van der Waals surface area contributed by atoms with Gasteiger partial charge in [-0.15, -0.1) is 0 Å². The van der Waals surface area contributed by atoms with E-state index in [9.17, 15) is 4.79 Å². The first-order valence-electron chi connectivity index (χ1n) is 6.30. The Morgan fingerprint density at radius 3 is 2.72 bits per heavy atom. The minimum atomic E-state index is -0.143. The van der Waals surface area contributed by atoms with E-state index in [1.54, 1.807) is 7.05 Å². The van der Waals surface area contributed by atoms with Crippen molar-refractivity contribution < 1.29 is 9.53 Å². The number of likely N-dealkylation sites (N-methyl/N-ethyl adjacent to an activating group) is 1. The van der Waals surface area contributed by atoms with E-state index < -0.39 is 0 Å². The zero-order chi connectivity index (χ0) is 13.2. The third kappa shape index (κ3) is 5.80. The topological polar surface area (TPSA) is 50.4 Å². The molecule has 1 atom stereocenters. The van der Waals surface area contributed by atoms with E-state index in [2.05, 4.69) is 10.6 Å². The summed E-state index contributed by atoms with van der Waals surface area (Å²) in [7, 11) is 1.77. The van der Waals surface area contributed by atoms with Crippen LogP contribution in [0.5, 0.6) is 0 Å². The van der Waals surface area contributed by atoms with Crippen molar-refractivity contribution in [2.45, 2.75) is 26.0 Å². The van der Waals surface area contributed by atoms with Crippen molar-refractivity contribution >= 4 is 5.91 Å². The summed E-state index contributed by atoms with van der Waals surface area (Å²) >= 11 is 0. The lowest BCUT2D eigenvalue weighted by Crippen LogP contribution is -2.40. The molecule has 0 aliphatic heterocycles. The number of ether oxygens (including phenoxy) is 1. The van der Waals surface area contributed by atoms with E-state index in [4.69, 9.17) is 4.74 Å². The number of carbonyl (C=O) groups excluding carboxylic acids is 1. The first-order chi connectivity index (χ1) is 8.74. The van der Waals surface area contributed by atoms with Crippen LogP contribution in [0.1, 0.15) is 18.9 Å². The molecule has 0 saturated heterocycles. The summed E-state index contributed by atoms with van der Waals surface area (Å²) in [5.41, 5.74) is 1.17. The fourth-order valence-corrected chi connectivity index (χ4v) is 1.43. The molecule has 1 amide bonds. The Morgan fingerprint density at radius 1 is 1.33 bits per heavy atom. The Bertz CT molecular complexity index is 341. The Balaban J connectivity index is 2.01. The predicted octanol–water partition coefficient (Wildman–Crippen LogP) is 1.32. The first kappa shape index (κ1) is 14.7. The minimum Gasteiger partial charge on any atom is -0.377 e. The summed E-state index contributed by atoms with van der Waals surface area (Å²) in [4.78, 5) is 11.4. The fourth-order valence-electron chi connectivity index (χ4n) is 1.43. The van der Waals surface area contributed by atoms with Crippen molar-refractivity contribution in [3.05, 3.63) is 35.9 Å². The Hall–Kier alpha value is -1.39. The molecule has 0 aliphatic carbocycles. The van der Waals surface area contributed by atoms with Gasteiger partial charge in [0.05, 0.1) is 12.6 Å². The van der Waals surface area contributed by atoms with Crippen molar-refractivity contribution in [3.63, 3.8) is 0 Å². The minimum absolute atomic E-state index is 0.0283. The molecule has 4 nitrogen and oxygen atoms in total. The van der Waals surface area contributed by atoms with Gasteiger partial charge in [0.25, 0.3) is 0 Å². The van der Waals surface area contributed by atoms with Crippen LogP contribution in [-0.2, 0) is 16.1 Å². The zero-order valence-electron chi connectivity index (χ0n) is 11.1. The smallest absolute Gasteiger partial charge is 0.236 e. The molecule has 0 radical (unpaired) electrons. The summed E-state index contributed by atoms with van der Waals surface area (Å²) in [5.74, 6) is 0.0283. The second-order valence-electron chi connectivity index (χ2n) is 4.19. The number of hydrogen-bond acceptors (Lipinski definition) is 3. The van der Waals surface area contributed by atoms with Crippen molar-refractivity contribution in [3.8, 4) is 0 Å². The highest BCUT2D eigenvalue weighted by atomic mass is 16.5. The quantitative estimate of drug-likeness (QED) is 0.684. The second-order valence-corrected chi connectivity index (χ2v) is 4.19. The Labute approximate surface area is 109 Å². The molecule has 18 heavy (non-hydrogen) atoms. The molecule has 4 heteroatoms. The summed E-state index contributed by atoms with van der Waals surface area (Å²) < 4.78 is 5.52. The van der Waals surface area contributed by atoms with Crippen molar-refractivity contribution in [2.75, 3.05) is 20.2 Å². The Morgan fingerprint density at radius 2 is 2.06 bits per heavy atom. The molecule has 0 saturated carbocycles. The van der Waals surface area contributed by atoms with Crippen LogP contribution in [0.4, 0.5) is 0 Å². The van der Waals surface area contributed by atoms with E-state index in [1.807, 2.05) is 37.3 Å². The maximum absolute atomic E-state index is 11.4. The third-order valence-electron chi connectivity index (χ3n) is 2.70. The van der Waals surface area contributed by atoms with Crippen molar-refractivity contribution in [1.82, 2.24) is 10.6 Å². The van der Waals surface area contributed by atoms with Crippen LogP contribution in [0.15, 0.2) is 30.3 Å². The lowest BCUT2D eigenvalue weighted by Gasteiger charge is -2.10. The number of nitrogens with one attached hydrogen (secondary N) is 2. The lowest BCUT2D eigenvalue weighted by atomic mass is 10.2. The summed E-state index contributed by atoms with van der Waals surface area (Å²) in [5, 5.41) is 5.75. The molecular formula is C14H22N2O2. The van der Waals surface area contributed by atoms with Crippen LogP contribution >= 0.6 is 0 Å². The predicted molar refractivity (Wildman–Crippen MR) is 72.2 cm³/mol. The van der Waals surface area contributed by atoms with Crippen LogP contribution in [0.3, 0.4) is 0 Å². The molecule has 0 bridgehead atoms. The van der Waals surface area contributed by atoms with Gasteiger partial charge in [-0.05, 0) is 26.0 Å².